The van der Waals surface area contributed by atoms with Crippen molar-refractivity contribution >= 4 is 12.2 Å². The van der Waals surface area contributed by atoms with Gasteiger partial charge in [-0.25, -0.2) is 0 Å². The molecule has 1 aromatic heterocycles. The van der Waals surface area contributed by atoms with Crippen molar-refractivity contribution in [3.63, 3.8) is 0 Å². The molecule has 7 nitrogen and oxygen atoms in total. The Morgan fingerprint density at radius 2 is 2.33 bits per heavy atom. The molecule has 0 aliphatic carbocycles. The van der Waals surface area contributed by atoms with Gasteiger partial charge >= 0.3 is 0 Å². The molecule has 0 radical (unpaired) electrons. The number of hydrogen-bond acceptors (Lipinski definition) is 6. The Balaban J connectivity index is 2.41. The van der Waals surface area contributed by atoms with E-state index < -0.39 is 30.6 Å². The van der Waals surface area contributed by atoms with Gasteiger partial charge < -0.3 is 20.1 Å². The number of aliphatic hydroxyl groups excluding tert-OH is 2. The van der Waals surface area contributed by atoms with Crippen molar-refractivity contribution in [2.75, 3.05) is 6.61 Å². The zero-order valence-electron chi connectivity index (χ0n) is 9.61. The van der Waals surface area contributed by atoms with Crippen LogP contribution in [0, 0.1) is 4.77 Å². The minimum Gasteiger partial charge on any atom is -0.394 e. The summed E-state index contributed by atoms with van der Waals surface area (Å²) in [5, 5.41) is 29.2. The lowest BCUT2D eigenvalue weighted by Gasteiger charge is -2.25. The third-order valence-electron chi connectivity index (χ3n) is 3.12. The Morgan fingerprint density at radius 3 is 2.83 bits per heavy atom. The molecule has 1 saturated heterocycles. The molecule has 0 bridgehead atoms. The fourth-order valence-corrected chi connectivity index (χ4v) is 2.20. The standard InChI is InChI=1S/C10H14N2O5S/c1-10(16)5(4-13)17-8(7(10)15)12-3-2-6(14)11-9(12)18/h2-3,5,7-8,13,15-16H,4H2,1H3,(H,11,14,18)/t5-,7+,8-,10-/m1/s1. The number of ether oxygens (including phenoxy) is 1. The zero-order chi connectivity index (χ0) is 13.5. The predicted molar refractivity (Wildman–Crippen MR) is 63.5 cm³/mol. The van der Waals surface area contributed by atoms with Crippen molar-refractivity contribution in [1.82, 2.24) is 9.55 Å². The second-order valence-corrected chi connectivity index (χ2v) is 4.77. The van der Waals surface area contributed by atoms with Gasteiger partial charge in [-0.2, -0.15) is 0 Å². The molecule has 0 amide bonds. The van der Waals surface area contributed by atoms with E-state index in [1.165, 1.54) is 23.8 Å². The van der Waals surface area contributed by atoms with Crippen LogP contribution in [-0.4, -0.2) is 49.3 Å². The van der Waals surface area contributed by atoms with Crippen LogP contribution in [0.5, 0.6) is 0 Å². The van der Waals surface area contributed by atoms with Crippen LogP contribution in [0.3, 0.4) is 0 Å². The summed E-state index contributed by atoms with van der Waals surface area (Å²) in [6.07, 6.45) is -1.79. The fraction of sp³-hybridized carbons (Fsp3) is 0.600. The largest absolute Gasteiger partial charge is 0.394 e. The smallest absolute Gasteiger partial charge is 0.251 e. The zero-order valence-corrected chi connectivity index (χ0v) is 10.4. The third-order valence-corrected chi connectivity index (χ3v) is 3.43. The van der Waals surface area contributed by atoms with E-state index in [0.29, 0.717) is 0 Å². The Kier molecular flexibility index (Phi) is 3.39. The van der Waals surface area contributed by atoms with Crippen LogP contribution in [-0.2, 0) is 4.74 Å². The molecule has 0 unspecified atom stereocenters. The van der Waals surface area contributed by atoms with Gasteiger partial charge in [0.2, 0.25) is 0 Å². The van der Waals surface area contributed by atoms with Crippen molar-refractivity contribution < 1.29 is 20.1 Å². The summed E-state index contributed by atoms with van der Waals surface area (Å²) in [6.45, 7) is 0.936. The van der Waals surface area contributed by atoms with E-state index in [0.717, 1.165) is 0 Å². The van der Waals surface area contributed by atoms with Crippen LogP contribution in [0.1, 0.15) is 13.2 Å². The van der Waals surface area contributed by atoms with Gasteiger partial charge in [0.25, 0.3) is 5.56 Å². The van der Waals surface area contributed by atoms with Gasteiger partial charge in [-0.05, 0) is 19.1 Å². The summed E-state index contributed by atoms with van der Waals surface area (Å²) in [6, 6.07) is 1.23. The SMILES string of the molecule is C[C@@]1(O)[C@@H](CO)O[C@@H](n2ccc(=O)[nH]c2=S)[C@@H]1O. The van der Waals surface area contributed by atoms with Gasteiger partial charge in [0.1, 0.15) is 17.8 Å². The van der Waals surface area contributed by atoms with Crippen molar-refractivity contribution in [3.05, 3.63) is 27.4 Å². The van der Waals surface area contributed by atoms with E-state index in [-0.39, 0.29) is 10.3 Å². The summed E-state index contributed by atoms with van der Waals surface area (Å²) in [5.41, 5.74) is -1.96. The molecular weight excluding hydrogens is 260 g/mol. The van der Waals surface area contributed by atoms with E-state index in [9.17, 15) is 15.0 Å². The van der Waals surface area contributed by atoms with Gasteiger partial charge in [0, 0.05) is 12.3 Å². The number of aromatic amines is 1. The lowest BCUT2D eigenvalue weighted by atomic mass is 9.95. The molecule has 18 heavy (non-hydrogen) atoms. The highest BCUT2D eigenvalue weighted by Gasteiger charge is 2.52. The van der Waals surface area contributed by atoms with E-state index in [1.54, 1.807) is 0 Å². The minimum atomic E-state index is -1.59. The van der Waals surface area contributed by atoms with Crippen molar-refractivity contribution in [2.24, 2.45) is 0 Å². The summed E-state index contributed by atoms with van der Waals surface area (Å²) < 4.78 is 6.76. The topological polar surface area (TPSA) is 108 Å². The van der Waals surface area contributed by atoms with Gasteiger partial charge in [-0.3, -0.25) is 14.3 Å². The second kappa shape index (κ2) is 4.56. The number of rotatable bonds is 2. The molecule has 4 atom stereocenters. The first-order valence-electron chi connectivity index (χ1n) is 5.36. The highest BCUT2D eigenvalue weighted by Crippen LogP contribution is 2.36. The molecule has 8 heteroatoms. The lowest BCUT2D eigenvalue weighted by Crippen LogP contribution is -2.46. The average molecular weight is 274 g/mol. The molecule has 100 valence electrons. The van der Waals surface area contributed by atoms with Gasteiger partial charge in [-0.1, -0.05) is 0 Å². The first-order chi connectivity index (χ1) is 8.37. The van der Waals surface area contributed by atoms with Crippen LogP contribution in [0.2, 0.25) is 0 Å². The number of nitrogens with one attached hydrogen (secondary N) is 1. The van der Waals surface area contributed by atoms with Crippen LogP contribution in [0.15, 0.2) is 17.1 Å². The molecular formula is C10H14N2O5S. The molecule has 4 N–H and O–H groups in total. The van der Waals surface area contributed by atoms with Gasteiger partial charge in [0.05, 0.1) is 6.61 Å². The molecule has 0 spiro atoms. The Morgan fingerprint density at radius 1 is 1.67 bits per heavy atom. The van der Waals surface area contributed by atoms with E-state index >= 15 is 0 Å². The molecule has 1 aromatic rings. The number of nitrogens with zero attached hydrogens (tertiary/aromatic N) is 1. The maximum atomic E-state index is 11.1. The van der Waals surface area contributed by atoms with Crippen LogP contribution >= 0.6 is 12.2 Å². The molecule has 1 aliphatic heterocycles. The number of hydrogen-bond donors (Lipinski definition) is 4. The predicted octanol–water partition coefficient (Wildman–Crippen LogP) is -1.09. The highest BCUT2D eigenvalue weighted by atomic mass is 32.1. The summed E-state index contributed by atoms with van der Waals surface area (Å²) >= 11 is 4.95. The summed E-state index contributed by atoms with van der Waals surface area (Å²) in [5.74, 6) is 0. The van der Waals surface area contributed by atoms with Crippen molar-refractivity contribution in [3.8, 4) is 0 Å². The van der Waals surface area contributed by atoms with Crippen molar-refractivity contribution in [1.29, 1.82) is 0 Å². The molecule has 0 saturated carbocycles. The van der Waals surface area contributed by atoms with E-state index in [2.05, 4.69) is 4.98 Å². The van der Waals surface area contributed by atoms with Crippen molar-refractivity contribution in [2.45, 2.75) is 31.0 Å². The molecule has 2 heterocycles. The first kappa shape index (κ1) is 13.4. The van der Waals surface area contributed by atoms with E-state index in [4.69, 9.17) is 22.1 Å². The minimum absolute atomic E-state index is 0.0703. The second-order valence-electron chi connectivity index (χ2n) is 4.39. The number of aromatic nitrogens is 2. The quantitative estimate of drug-likeness (QED) is 0.510. The van der Waals surface area contributed by atoms with Crippen LogP contribution in [0.25, 0.3) is 0 Å². The van der Waals surface area contributed by atoms with Crippen LogP contribution in [0.4, 0.5) is 0 Å². The average Bonchev–Trinajstić information content (AvgIpc) is 2.52. The Labute approximate surface area is 107 Å². The maximum absolute atomic E-state index is 11.1. The van der Waals surface area contributed by atoms with Crippen LogP contribution < -0.4 is 5.56 Å². The first-order valence-corrected chi connectivity index (χ1v) is 5.77. The maximum Gasteiger partial charge on any atom is 0.251 e. The molecule has 0 aromatic carbocycles. The normalized spacial score (nSPS) is 35.9. The third kappa shape index (κ3) is 2.02. The van der Waals surface area contributed by atoms with E-state index in [1.807, 2.05) is 0 Å². The van der Waals surface area contributed by atoms with Gasteiger partial charge in [0.15, 0.2) is 11.0 Å². The molecule has 1 fully saturated rings. The van der Waals surface area contributed by atoms with Gasteiger partial charge in [-0.15, -0.1) is 0 Å². The molecule has 2 rings (SSSR count). The monoisotopic (exact) mass is 274 g/mol. The Bertz CT molecular complexity index is 552. The highest BCUT2D eigenvalue weighted by molar-refractivity contribution is 7.71. The Hall–Kier alpha value is -1.06. The number of aliphatic hydroxyl groups is 3. The molecule has 1 aliphatic rings. The lowest BCUT2D eigenvalue weighted by molar-refractivity contribution is -0.0806. The summed E-state index contributed by atoms with van der Waals surface area (Å²) in [7, 11) is 0. The fourth-order valence-electron chi connectivity index (χ4n) is 1.93. The summed E-state index contributed by atoms with van der Waals surface area (Å²) in [4.78, 5) is 13.4. The number of H-pyrrole nitrogens is 1.